The summed E-state index contributed by atoms with van der Waals surface area (Å²) in [5.74, 6) is 0.796. The fourth-order valence-electron chi connectivity index (χ4n) is 2.06. The molecule has 2 rings (SSSR count). The molecule has 0 saturated heterocycles. The minimum Gasteiger partial charge on any atom is -0.497 e. The van der Waals surface area contributed by atoms with Crippen molar-refractivity contribution >= 4 is 5.69 Å². The Kier molecular flexibility index (Phi) is 5.02. The van der Waals surface area contributed by atoms with Crippen LogP contribution in [0.25, 0.3) is 0 Å². The SMILES string of the molecule is CCc1cccc(NCC(O)c2ccc(OC)cc2)c1. The molecule has 0 saturated carbocycles. The zero-order chi connectivity index (χ0) is 14.4. The lowest BCUT2D eigenvalue weighted by Crippen LogP contribution is -2.12. The number of nitrogens with one attached hydrogen (secondary N) is 1. The Labute approximate surface area is 120 Å². The zero-order valence-corrected chi connectivity index (χ0v) is 12.0. The lowest BCUT2D eigenvalue weighted by Gasteiger charge is -2.14. The molecule has 1 atom stereocenters. The van der Waals surface area contributed by atoms with Crippen LogP contribution >= 0.6 is 0 Å². The Morgan fingerprint density at radius 3 is 2.55 bits per heavy atom. The van der Waals surface area contributed by atoms with E-state index in [0.717, 1.165) is 23.4 Å². The molecule has 2 aromatic rings. The van der Waals surface area contributed by atoms with Gasteiger partial charge in [0.2, 0.25) is 0 Å². The molecule has 0 amide bonds. The van der Waals surface area contributed by atoms with Crippen LogP contribution in [0.3, 0.4) is 0 Å². The highest BCUT2D eigenvalue weighted by Crippen LogP contribution is 2.19. The highest BCUT2D eigenvalue weighted by molar-refractivity contribution is 5.46. The number of anilines is 1. The standard InChI is InChI=1S/C17H21NO2/c1-3-13-5-4-6-15(11-13)18-12-17(19)14-7-9-16(20-2)10-8-14/h4-11,17-19H,3,12H2,1-2H3. The van der Waals surface area contributed by atoms with Crippen molar-refractivity contribution in [2.24, 2.45) is 0 Å². The molecular weight excluding hydrogens is 250 g/mol. The number of hydrogen-bond acceptors (Lipinski definition) is 3. The monoisotopic (exact) mass is 271 g/mol. The van der Waals surface area contributed by atoms with Gasteiger partial charge in [0.15, 0.2) is 0 Å². The fraction of sp³-hybridized carbons (Fsp3) is 0.294. The van der Waals surface area contributed by atoms with E-state index in [1.54, 1.807) is 7.11 Å². The van der Waals surface area contributed by atoms with Crippen LogP contribution in [-0.2, 0) is 6.42 Å². The summed E-state index contributed by atoms with van der Waals surface area (Å²) in [5.41, 5.74) is 3.20. The molecule has 0 aromatic heterocycles. The van der Waals surface area contributed by atoms with Gasteiger partial charge in [0.25, 0.3) is 0 Å². The van der Waals surface area contributed by atoms with Gasteiger partial charge < -0.3 is 15.2 Å². The fourth-order valence-corrected chi connectivity index (χ4v) is 2.06. The summed E-state index contributed by atoms with van der Waals surface area (Å²) in [6.45, 7) is 2.62. The first-order chi connectivity index (χ1) is 9.72. The maximum atomic E-state index is 10.2. The van der Waals surface area contributed by atoms with E-state index >= 15 is 0 Å². The minimum absolute atomic E-state index is 0.486. The summed E-state index contributed by atoms with van der Waals surface area (Å²) in [6, 6.07) is 15.7. The number of aliphatic hydroxyl groups excluding tert-OH is 1. The van der Waals surface area contributed by atoms with Crippen LogP contribution in [0.4, 0.5) is 5.69 Å². The van der Waals surface area contributed by atoms with E-state index < -0.39 is 6.10 Å². The number of benzene rings is 2. The van der Waals surface area contributed by atoms with E-state index in [0.29, 0.717) is 6.54 Å². The first-order valence-electron chi connectivity index (χ1n) is 6.87. The molecule has 0 spiro atoms. The lowest BCUT2D eigenvalue weighted by atomic mass is 10.1. The molecule has 0 aliphatic rings. The molecule has 106 valence electrons. The Morgan fingerprint density at radius 1 is 1.15 bits per heavy atom. The van der Waals surface area contributed by atoms with Gasteiger partial charge in [0, 0.05) is 12.2 Å². The van der Waals surface area contributed by atoms with Crippen molar-refractivity contribution in [2.75, 3.05) is 19.0 Å². The second kappa shape index (κ2) is 6.96. The van der Waals surface area contributed by atoms with Crippen molar-refractivity contribution < 1.29 is 9.84 Å². The molecule has 0 bridgehead atoms. The molecule has 3 nitrogen and oxygen atoms in total. The molecule has 0 radical (unpaired) electrons. The van der Waals surface area contributed by atoms with Crippen LogP contribution in [0.5, 0.6) is 5.75 Å². The number of methoxy groups -OCH3 is 1. The van der Waals surface area contributed by atoms with Crippen LogP contribution in [0.1, 0.15) is 24.2 Å². The second-order valence-electron chi connectivity index (χ2n) is 4.72. The predicted octanol–water partition coefficient (Wildman–Crippen LogP) is 3.40. The number of rotatable bonds is 6. The van der Waals surface area contributed by atoms with E-state index in [9.17, 15) is 5.11 Å². The smallest absolute Gasteiger partial charge is 0.118 e. The van der Waals surface area contributed by atoms with Gasteiger partial charge in [-0.15, -0.1) is 0 Å². The van der Waals surface area contributed by atoms with Crippen LogP contribution in [0.2, 0.25) is 0 Å². The normalized spacial score (nSPS) is 11.9. The van der Waals surface area contributed by atoms with Crippen LogP contribution < -0.4 is 10.1 Å². The summed E-state index contributed by atoms with van der Waals surface area (Å²) in [4.78, 5) is 0. The third-order valence-corrected chi connectivity index (χ3v) is 3.34. The van der Waals surface area contributed by atoms with Crippen molar-refractivity contribution in [1.29, 1.82) is 0 Å². The Bertz CT molecular complexity index is 537. The second-order valence-corrected chi connectivity index (χ2v) is 4.72. The topological polar surface area (TPSA) is 41.5 Å². The molecule has 20 heavy (non-hydrogen) atoms. The number of hydrogen-bond donors (Lipinski definition) is 2. The highest BCUT2D eigenvalue weighted by Gasteiger charge is 2.07. The zero-order valence-electron chi connectivity index (χ0n) is 12.0. The summed E-state index contributed by atoms with van der Waals surface area (Å²) in [5, 5.41) is 13.4. The molecule has 0 heterocycles. The first kappa shape index (κ1) is 14.4. The quantitative estimate of drug-likeness (QED) is 0.846. The Hall–Kier alpha value is -2.00. The molecule has 0 aliphatic carbocycles. The molecular formula is C17H21NO2. The number of ether oxygens (including phenoxy) is 1. The molecule has 1 unspecified atom stereocenters. The third kappa shape index (κ3) is 3.75. The molecule has 0 fully saturated rings. The van der Waals surface area contributed by atoms with Gasteiger partial charge in [-0.25, -0.2) is 0 Å². The van der Waals surface area contributed by atoms with Gasteiger partial charge in [0.1, 0.15) is 5.75 Å². The van der Waals surface area contributed by atoms with Crippen molar-refractivity contribution in [3.05, 3.63) is 59.7 Å². The van der Waals surface area contributed by atoms with E-state index in [4.69, 9.17) is 4.74 Å². The van der Waals surface area contributed by atoms with E-state index in [-0.39, 0.29) is 0 Å². The third-order valence-electron chi connectivity index (χ3n) is 3.34. The average Bonchev–Trinajstić information content (AvgIpc) is 2.53. The van der Waals surface area contributed by atoms with E-state index in [1.807, 2.05) is 36.4 Å². The predicted molar refractivity (Wildman–Crippen MR) is 82.3 cm³/mol. The van der Waals surface area contributed by atoms with Crippen LogP contribution in [-0.4, -0.2) is 18.8 Å². The number of aliphatic hydroxyl groups is 1. The summed E-state index contributed by atoms with van der Waals surface area (Å²) < 4.78 is 5.11. The van der Waals surface area contributed by atoms with Crippen LogP contribution in [0, 0.1) is 0 Å². The summed E-state index contributed by atoms with van der Waals surface area (Å²) >= 11 is 0. The summed E-state index contributed by atoms with van der Waals surface area (Å²) in [7, 11) is 1.63. The van der Waals surface area contributed by atoms with E-state index in [1.165, 1.54) is 5.56 Å². The van der Waals surface area contributed by atoms with E-state index in [2.05, 4.69) is 24.4 Å². The average molecular weight is 271 g/mol. The van der Waals surface area contributed by atoms with Gasteiger partial charge in [0.05, 0.1) is 13.2 Å². The van der Waals surface area contributed by atoms with Crippen molar-refractivity contribution in [1.82, 2.24) is 0 Å². The molecule has 2 N–H and O–H groups in total. The lowest BCUT2D eigenvalue weighted by molar-refractivity contribution is 0.191. The first-order valence-corrected chi connectivity index (χ1v) is 6.87. The van der Waals surface area contributed by atoms with Gasteiger partial charge in [-0.3, -0.25) is 0 Å². The van der Waals surface area contributed by atoms with Gasteiger partial charge >= 0.3 is 0 Å². The van der Waals surface area contributed by atoms with Crippen LogP contribution in [0.15, 0.2) is 48.5 Å². The minimum atomic E-state index is -0.536. The van der Waals surface area contributed by atoms with Crippen molar-refractivity contribution in [3.63, 3.8) is 0 Å². The molecule has 2 aromatic carbocycles. The molecule has 3 heteroatoms. The largest absolute Gasteiger partial charge is 0.497 e. The maximum Gasteiger partial charge on any atom is 0.118 e. The number of aryl methyl sites for hydroxylation is 1. The summed E-state index contributed by atoms with van der Waals surface area (Å²) in [6.07, 6.45) is 0.475. The maximum absolute atomic E-state index is 10.2. The van der Waals surface area contributed by atoms with Crippen molar-refractivity contribution in [3.8, 4) is 5.75 Å². The van der Waals surface area contributed by atoms with Gasteiger partial charge in [-0.1, -0.05) is 31.2 Å². The Balaban J connectivity index is 1.95. The van der Waals surface area contributed by atoms with Crippen molar-refractivity contribution in [2.45, 2.75) is 19.4 Å². The highest BCUT2D eigenvalue weighted by atomic mass is 16.5. The van der Waals surface area contributed by atoms with Gasteiger partial charge in [-0.2, -0.15) is 0 Å². The Morgan fingerprint density at radius 2 is 1.90 bits per heavy atom. The van der Waals surface area contributed by atoms with Gasteiger partial charge in [-0.05, 0) is 41.8 Å². The molecule has 0 aliphatic heterocycles.